The van der Waals surface area contributed by atoms with Crippen molar-refractivity contribution < 1.29 is 9.47 Å². The van der Waals surface area contributed by atoms with Gasteiger partial charge in [-0.3, -0.25) is 4.98 Å². The predicted octanol–water partition coefficient (Wildman–Crippen LogP) is 2.93. The number of nitrogens with zero attached hydrogens (tertiary/aromatic N) is 1. The van der Waals surface area contributed by atoms with E-state index in [0.717, 1.165) is 32.5 Å². The molecule has 0 spiro atoms. The van der Waals surface area contributed by atoms with Crippen molar-refractivity contribution in [3.63, 3.8) is 0 Å². The van der Waals surface area contributed by atoms with E-state index < -0.39 is 0 Å². The van der Waals surface area contributed by atoms with Crippen LogP contribution in [0.4, 0.5) is 0 Å². The highest BCUT2D eigenvalue weighted by Gasteiger charge is 2.15. The summed E-state index contributed by atoms with van der Waals surface area (Å²) in [5.41, 5.74) is 1.17. The Labute approximate surface area is 107 Å². The minimum atomic E-state index is -0.0000218. The molecule has 0 radical (unpaired) electrons. The Bertz CT molecular complexity index is 515. The highest BCUT2D eigenvalue weighted by atomic mass is 16.7. The average Bonchev–Trinajstić information content (AvgIpc) is 2.92. The molecule has 2 aromatic rings. The van der Waals surface area contributed by atoms with Crippen molar-refractivity contribution in [1.29, 1.82) is 0 Å². The van der Waals surface area contributed by atoms with Gasteiger partial charge in [-0.2, -0.15) is 0 Å². The Morgan fingerprint density at radius 3 is 2.83 bits per heavy atom. The van der Waals surface area contributed by atoms with Crippen LogP contribution >= 0.6 is 0 Å². The van der Waals surface area contributed by atoms with Gasteiger partial charge in [-0.1, -0.05) is 24.3 Å². The highest BCUT2D eigenvalue weighted by Crippen LogP contribution is 2.19. The zero-order chi connectivity index (χ0) is 12.2. The van der Waals surface area contributed by atoms with E-state index in [0.29, 0.717) is 0 Å². The number of fused-ring (bicyclic) bond motifs is 1. The molecule has 0 unspecified atom stereocenters. The molecule has 0 N–H and O–H groups in total. The second-order valence-electron chi connectivity index (χ2n) is 4.54. The van der Waals surface area contributed by atoms with E-state index in [2.05, 4.69) is 35.3 Å². The number of aryl methyl sites for hydroxylation is 1. The van der Waals surface area contributed by atoms with Crippen LogP contribution in [-0.2, 0) is 15.9 Å². The first-order chi connectivity index (χ1) is 8.93. The summed E-state index contributed by atoms with van der Waals surface area (Å²) < 4.78 is 10.9. The first-order valence-electron chi connectivity index (χ1n) is 6.49. The first-order valence-corrected chi connectivity index (χ1v) is 6.49. The second-order valence-corrected chi connectivity index (χ2v) is 4.54. The normalized spacial score (nSPS) is 16.4. The number of hydrogen-bond acceptors (Lipinski definition) is 3. The van der Waals surface area contributed by atoms with Gasteiger partial charge >= 0.3 is 0 Å². The predicted molar refractivity (Wildman–Crippen MR) is 70.4 cm³/mol. The van der Waals surface area contributed by atoms with Crippen molar-refractivity contribution >= 4 is 10.8 Å². The van der Waals surface area contributed by atoms with Crippen LogP contribution < -0.4 is 0 Å². The summed E-state index contributed by atoms with van der Waals surface area (Å²) >= 11 is 0. The number of pyridine rings is 1. The van der Waals surface area contributed by atoms with Crippen molar-refractivity contribution in [2.24, 2.45) is 0 Å². The smallest absolute Gasteiger partial charge is 0.157 e. The van der Waals surface area contributed by atoms with E-state index in [9.17, 15) is 0 Å². The first kappa shape index (κ1) is 11.6. The standard InChI is InChI=1S/C15H17NO2/c1-2-5-13-12(4-1)8-9-16-14(13)6-3-7-15-17-10-11-18-15/h1-2,4-5,8-9,15H,3,6-7,10-11H2. The van der Waals surface area contributed by atoms with Gasteiger partial charge in [0.25, 0.3) is 0 Å². The van der Waals surface area contributed by atoms with Crippen LogP contribution in [0.25, 0.3) is 10.8 Å². The Balaban J connectivity index is 1.66. The van der Waals surface area contributed by atoms with E-state index in [1.54, 1.807) is 0 Å². The highest BCUT2D eigenvalue weighted by molar-refractivity contribution is 5.84. The summed E-state index contributed by atoms with van der Waals surface area (Å²) in [6, 6.07) is 10.5. The lowest BCUT2D eigenvalue weighted by Gasteiger charge is -2.09. The third kappa shape index (κ3) is 2.52. The molecule has 3 nitrogen and oxygen atoms in total. The van der Waals surface area contributed by atoms with Crippen molar-refractivity contribution in [3.8, 4) is 0 Å². The molecular formula is C15H17NO2. The van der Waals surface area contributed by atoms with E-state index in [4.69, 9.17) is 9.47 Å². The number of rotatable bonds is 4. The van der Waals surface area contributed by atoms with Gasteiger partial charge in [-0.25, -0.2) is 0 Å². The van der Waals surface area contributed by atoms with Crippen molar-refractivity contribution in [2.45, 2.75) is 25.6 Å². The molecule has 0 aliphatic carbocycles. The van der Waals surface area contributed by atoms with Crippen molar-refractivity contribution in [2.75, 3.05) is 13.2 Å². The molecule has 3 heteroatoms. The van der Waals surface area contributed by atoms with Gasteiger partial charge < -0.3 is 9.47 Å². The zero-order valence-corrected chi connectivity index (χ0v) is 10.3. The maximum atomic E-state index is 5.44. The number of benzene rings is 1. The minimum absolute atomic E-state index is 0.0000218. The lowest BCUT2D eigenvalue weighted by Crippen LogP contribution is -2.07. The van der Waals surface area contributed by atoms with Crippen LogP contribution in [0.3, 0.4) is 0 Å². The largest absolute Gasteiger partial charge is 0.350 e. The maximum Gasteiger partial charge on any atom is 0.157 e. The van der Waals surface area contributed by atoms with Gasteiger partial charge in [0, 0.05) is 17.3 Å². The Kier molecular flexibility index (Phi) is 3.53. The molecule has 1 aromatic carbocycles. The van der Waals surface area contributed by atoms with Gasteiger partial charge in [-0.15, -0.1) is 0 Å². The fraction of sp³-hybridized carbons (Fsp3) is 0.400. The summed E-state index contributed by atoms with van der Waals surface area (Å²) in [6.07, 6.45) is 4.86. The molecule has 0 amide bonds. The molecular weight excluding hydrogens is 226 g/mol. The van der Waals surface area contributed by atoms with Gasteiger partial charge in [0.2, 0.25) is 0 Å². The zero-order valence-electron chi connectivity index (χ0n) is 10.3. The third-order valence-electron chi connectivity index (χ3n) is 3.30. The summed E-state index contributed by atoms with van der Waals surface area (Å²) in [7, 11) is 0. The van der Waals surface area contributed by atoms with Gasteiger partial charge in [0.05, 0.1) is 13.2 Å². The lowest BCUT2D eigenvalue weighted by atomic mass is 10.1. The molecule has 1 aliphatic rings. The lowest BCUT2D eigenvalue weighted by molar-refractivity contribution is -0.0476. The molecule has 0 saturated carbocycles. The molecule has 3 rings (SSSR count). The monoisotopic (exact) mass is 243 g/mol. The second kappa shape index (κ2) is 5.46. The van der Waals surface area contributed by atoms with Crippen LogP contribution in [0.5, 0.6) is 0 Å². The van der Waals surface area contributed by atoms with Gasteiger partial charge in [0.1, 0.15) is 0 Å². The molecule has 18 heavy (non-hydrogen) atoms. The summed E-state index contributed by atoms with van der Waals surface area (Å²) in [6.45, 7) is 1.47. The van der Waals surface area contributed by atoms with E-state index in [-0.39, 0.29) is 6.29 Å². The molecule has 1 aromatic heterocycles. The van der Waals surface area contributed by atoms with Crippen LogP contribution in [0.2, 0.25) is 0 Å². The fourth-order valence-electron chi connectivity index (χ4n) is 2.39. The fourth-order valence-corrected chi connectivity index (χ4v) is 2.39. The molecule has 1 aliphatic heterocycles. The molecule has 0 atom stereocenters. The summed E-state index contributed by atoms with van der Waals surface area (Å²) in [5.74, 6) is 0. The van der Waals surface area contributed by atoms with Crippen molar-refractivity contribution in [3.05, 3.63) is 42.2 Å². The van der Waals surface area contributed by atoms with Crippen molar-refractivity contribution in [1.82, 2.24) is 4.98 Å². The Hall–Kier alpha value is -1.45. The molecule has 1 saturated heterocycles. The molecule has 1 fully saturated rings. The van der Waals surface area contributed by atoms with Crippen LogP contribution in [0.15, 0.2) is 36.5 Å². The van der Waals surface area contributed by atoms with E-state index in [1.807, 2.05) is 6.20 Å². The minimum Gasteiger partial charge on any atom is -0.350 e. The van der Waals surface area contributed by atoms with Crippen LogP contribution in [-0.4, -0.2) is 24.5 Å². The number of ether oxygens (including phenoxy) is 2. The van der Waals surface area contributed by atoms with E-state index in [1.165, 1.54) is 16.5 Å². The van der Waals surface area contributed by atoms with Crippen LogP contribution in [0.1, 0.15) is 18.5 Å². The van der Waals surface area contributed by atoms with Gasteiger partial charge in [0.15, 0.2) is 6.29 Å². The topological polar surface area (TPSA) is 31.4 Å². The Morgan fingerprint density at radius 2 is 1.94 bits per heavy atom. The van der Waals surface area contributed by atoms with Gasteiger partial charge in [-0.05, 0) is 30.7 Å². The SMILES string of the molecule is c1ccc2c(CCCC3OCCO3)nccc2c1. The molecule has 2 heterocycles. The number of aromatic nitrogens is 1. The summed E-state index contributed by atoms with van der Waals surface area (Å²) in [4.78, 5) is 4.49. The number of hydrogen-bond donors (Lipinski definition) is 0. The Morgan fingerprint density at radius 1 is 1.11 bits per heavy atom. The quantitative estimate of drug-likeness (QED) is 0.827. The van der Waals surface area contributed by atoms with Crippen LogP contribution in [0, 0.1) is 0 Å². The average molecular weight is 243 g/mol. The maximum absolute atomic E-state index is 5.44. The molecule has 94 valence electrons. The third-order valence-corrected chi connectivity index (χ3v) is 3.30. The van der Waals surface area contributed by atoms with E-state index >= 15 is 0 Å². The molecule has 0 bridgehead atoms. The summed E-state index contributed by atoms with van der Waals surface area (Å²) in [5, 5.41) is 2.52.